The molecule has 0 saturated heterocycles. The van der Waals surface area contributed by atoms with Crippen LogP contribution in [0.2, 0.25) is 0 Å². The average Bonchev–Trinajstić information content (AvgIpc) is 3.13. The standard InChI is InChI=1S/C13H16N6OS/c1-2-4-15-8-10-12(16-13-18(10)6-7-21-13)19-5-3-9(17-19)11(14)20/h3,5-7,15H,2,4,8H2,1H3,(H2,14,20). The van der Waals surface area contributed by atoms with Crippen LogP contribution in [0.15, 0.2) is 23.8 Å². The summed E-state index contributed by atoms with van der Waals surface area (Å²) in [5.41, 5.74) is 6.49. The Hall–Kier alpha value is -2.19. The highest BCUT2D eigenvalue weighted by Crippen LogP contribution is 2.20. The minimum absolute atomic E-state index is 0.235. The van der Waals surface area contributed by atoms with E-state index >= 15 is 0 Å². The summed E-state index contributed by atoms with van der Waals surface area (Å²) in [6.07, 6.45) is 4.75. The Morgan fingerprint density at radius 3 is 3.05 bits per heavy atom. The van der Waals surface area contributed by atoms with E-state index in [2.05, 4.69) is 22.3 Å². The molecule has 0 atom stereocenters. The number of amides is 1. The van der Waals surface area contributed by atoms with E-state index in [-0.39, 0.29) is 5.69 Å². The lowest BCUT2D eigenvalue weighted by molar-refractivity contribution is 0.0995. The lowest BCUT2D eigenvalue weighted by Gasteiger charge is -2.05. The maximum absolute atomic E-state index is 11.2. The van der Waals surface area contributed by atoms with Crippen LogP contribution in [-0.4, -0.2) is 31.6 Å². The minimum Gasteiger partial charge on any atom is -0.364 e. The van der Waals surface area contributed by atoms with E-state index in [4.69, 9.17) is 5.73 Å². The van der Waals surface area contributed by atoms with Crippen LogP contribution in [0.3, 0.4) is 0 Å². The normalized spacial score (nSPS) is 11.3. The van der Waals surface area contributed by atoms with E-state index in [0.29, 0.717) is 6.54 Å². The van der Waals surface area contributed by atoms with Gasteiger partial charge in [0, 0.05) is 24.3 Å². The first-order valence-corrected chi connectivity index (χ1v) is 7.59. The Labute approximate surface area is 125 Å². The van der Waals surface area contributed by atoms with Gasteiger partial charge in [-0.05, 0) is 19.0 Å². The molecule has 0 fully saturated rings. The van der Waals surface area contributed by atoms with Crippen LogP contribution in [0.1, 0.15) is 29.5 Å². The Morgan fingerprint density at radius 1 is 1.48 bits per heavy atom. The molecule has 0 unspecified atom stereocenters. The molecule has 0 radical (unpaired) electrons. The van der Waals surface area contributed by atoms with E-state index in [0.717, 1.165) is 29.4 Å². The fourth-order valence-electron chi connectivity index (χ4n) is 2.13. The van der Waals surface area contributed by atoms with Crippen molar-refractivity contribution in [2.24, 2.45) is 5.73 Å². The number of carbonyl (C=O) groups is 1. The predicted molar refractivity (Wildman–Crippen MR) is 80.7 cm³/mol. The molecule has 0 saturated carbocycles. The summed E-state index contributed by atoms with van der Waals surface area (Å²) < 4.78 is 3.64. The van der Waals surface area contributed by atoms with Crippen molar-refractivity contribution >= 4 is 22.2 Å². The lowest BCUT2D eigenvalue weighted by Crippen LogP contribution is -2.17. The number of hydrogen-bond acceptors (Lipinski definition) is 5. The zero-order valence-electron chi connectivity index (χ0n) is 11.6. The molecule has 0 bridgehead atoms. The zero-order valence-corrected chi connectivity index (χ0v) is 12.4. The van der Waals surface area contributed by atoms with Gasteiger partial charge in [0.15, 0.2) is 10.8 Å². The maximum atomic E-state index is 11.2. The van der Waals surface area contributed by atoms with E-state index in [1.54, 1.807) is 28.3 Å². The van der Waals surface area contributed by atoms with Crippen molar-refractivity contribution in [3.63, 3.8) is 0 Å². The van der Waals surface area contributed by atoms with Gasteiger partial charge in [0.05, 0.1) is 5.69 Å². The van der Waals surface area contributed by atoms with Gasteiger partial charge < -0.3 is 11.1 Å². The molecule has 3 aromatic rings. The van der Waals surface area contributed by atoms with E-state index < -0.39 is 5.91 Å². The van der Waals surface area contributed by atoms with Crippen LogP contribution in [0.5, 0.6) is 0 Å². The highest BCUT2D eigenvalue weighted by Gasteiger charge is 2.16. The van der Waals surface area contributed by atoms with Crippen LogP contribution in [-0.2, 0) is 6.54 Å². The molecule has 7 nitrogen and oxygen atoms in total. The average molecular weight is 304 g/mol. The van der Waals surface area contributed by atoms with Gasteiger partial charge in [0.1, 0.15) is 5.69 Å². The zero-order chi connectivity index (χ0) is 14.8. The van der Waals surface area contributed by atoms with Gasteiger partial charge in [0.2, 0.25) is 0 Å². The van der Waals surface area contributed by atoms with Crippen LogP contribution in [0.4, 0.5) is 0 Å². The largest absolute Gasteiger partial charge is 0.364 e. The number of hydrogen-bond donors (Lipinski definition) is 2. The fraction of sp³-hybridized carbons (Fsp3) is 0.308. The molecule has 3 heterocycles. The predicted octanol–water partition coefficient (Wildman–Crippen LogP) is 1.18. The number of nitrogens with two attached hydrogens (primary N) is 1. The second kappa shape index (κ2) is 5.66. The first-order chi connectivity index (χ1) is 10.2. The number of thiazole rings is 1. The molecule has 0 aliphatic heterocycles. The lowest BCUT2D eigenvalue weighted by atomic mass is 10.4. The second-order valence-corrected chi connectivity index (χ2v) is 5.50. The summed E-state index contributed by atoms with van der Waals surface area (Å²) in [5.74, 6) is 0.179. The SMILES string of the molecule is CCCNCc1c(-n2ccc(C(N)=O)n2)nc2sccn12. The number of carbonyl (C=O) groups excluding carboxylic acids is 1. The molecular weight excluding hydrogens is 288 g/mol. The number of aromatic nitrogens is 4. The Bertz CT molecular complexity index is 771. The summed E-state index contributed by atoms with van der Waals surface area (Å²) in [7, 11) is 0. The van der Waals surface area contributed by atoms with Gasteiger partial charge in [0.25, 0.3) is 5.91 Å². The quantitative estimate of drug-likeness (QED) is 0.669. The van der Waals surface area contributed by atoms with Crippen LogP contribution < -0.4 is 11.1 Å². The molecule has 110 valence electrons. The maximum Gasteiger partial charge on any atom is 0.269 e. The number of rotatable bonds is 6. The molecule has 8 heteroatoms. The Morgan fingerprint density at radius 2 is 2.33 bits per heavy atom. The van der Waals surface area contributed by atoms with Crippen molar-refractivity contribution in [2.45, 2.75) is 19.9 Å². The number of nitrogens with zero attached hydrogens (tertiary/aromatic N) is 4. The monoisotopic (exact) mass is 304 g/mol. The third kappa shape index (κ3) is 2.55. The third-order valence-electron chi connectivity index (χ3n) is 3.12. The van der Waals surface area contributed by atoms with E-state index in [1.807, 2.05) is 16.0 Å². The molecule has 3 rings (SSSR count). The molecule has 0 aliphatic rings. The van der Waals surface area contributed by atoms with Crippen molar-refractivity contribution in [3.05, 3.63) is 35.2 Å². The first-order valence-electron chi connectivity index (χ1n) is 6.71. The summed E-state index contributed by atoms with van der Waals surface area (Å²) in [4.78, 5) is 16.7. The van der Waals surface area contributed by atoms with Gasteiger partial charge in [-0.25, -0.2) is 4.68 Å². The van der Waals surface area contributed by atoms with Gasteiger partial charge >= 0.3 is 0 Å². The van der Waals surface area contributed by atoms with Gasteiger partial charge in [-0.2, -0.15) is 10.1 Å². The first kappa shape index (κ1) is 13.8. The van der Waals surface area contributed by atoms with Crippen molar-refractivity contribution in [2.75, 3.05) is 6.54 Å². The molecule has 21 heavy (non-hydrogen) atoms. The molecule has 0 aromatic carbocycles. The van der Waals surface area contributed by atoms with Gasteiger partial charge in [-0.15, -0.1) is 11.3 Å². The summed E-state index contributed by atoms with van der Waals surface area (Å²) >= 11 is 1.56. The van der Waals surface area contributed by atoms with Crippen LogP contribution in [0.25, 0.3) is 10.8 Å². The highest BCUT2D eigenvalue weighted by atomic mass is 32.1. The van der Waals surface area contributed by atoms with Gasteiger partial charge in [-0.3, -0.25) is 9.20 Å². The van der Waals surface area contributed by atoms with Crippen molar-refractivity contribution < 1.29 is 4.79 Å². The number of primary amides is 1. The molecule has 0 aliphatic carbocycles. The number of imidazole rings is 1. The third-order valence-corrected chi connectivity index (χ3v) is 3.87. The van der Waals surface area contributed by atoms with E-state index in [1.165, 1.54) is 0 Å². The molecule has 3 aromatic heterocycles. The summed E-state index contributed by atoms with van der Waals surface area (Å²) in [5, 5.41) is 9.55. The van der Waals surface area contributed by atoms with Crippen LogP contribution in [0, 0.1) is 0 Å². The highest BCUT2D eigenvalue weighted by molar-refractivity contribution is 7.15. The van der Waals surface area contributed by atoms with Crippen molar-refractivity contribution in [3.8, 4) is 5.82 Å². The summed E-state index contributed by atoms with van der Waals surface area (Å²) in [6, 6.07) is 1.60. The second-order valence-electron chi connectivity index (χ2n) is 4.62. The molecule has 3 N–H and O–H groups in total. The fourth-order valence-corrected chi connectivity index (χ4v) is 2.85. The van der Waals surface area contributed by atoms with Crippen LogP contribution >= 0.6 is 11.3 Å². The minimum atomic E-state index is -0.541. The topological polar surface area (TPSA) is 90.2 Å². The smallest absolute Gasteiger partial charge is 0.269 e. The summed E-state index contributed by atoms with van der Waals surface area (Å²) in [6.45, 7) is 3.74. The molecular formula is C13H16N6OS. The van der Waals surface area contributed by atoms with Gasteiger partial charge in [-0.1, -0.05) is 6.92 Å². The molecule has 0 spiro atoms. The Kier molecular flexibility index (Phi) is 3.72. The number of nitrogens with one attached hydrogen (secondary N) is 1. The van der Waals surface area contributed by atoms with E-state index in [9.17, 15) is 4.79 Å². The number of fused-ring (bicyclic) bond motifs is 1. The Balaban J connectivity index is 2.01. The molecule has 1 amide bonds. The van der Waals surface area contributed by atoms with Crippen molar-refractivity contribution in [1.29, 1.82) is 0 Å². The van der Waals surface area contributed by atoms with Crippen molar-refractivity contribution in [1.82, 2.24) is 24.5 Å².